The molecule has 0 bridgehead atoms. The molecule has 1 aliphatic heterocycles. The Morgan fingerprint density at radius 3 is 2.00 bits per heavy atom. The smallest absolute Gasteiger partial charge is 0.340 e. The number of carbonyl (C=O) groups is 1. The van der Waals surface area contributed by atoms with Crippen LogP contribution in [0.15, 0.2) is 0 Å². The lowest BCUT2D eigenvalue weighted by molar-refractivity contribution is -0.192. The van der Waals surface area contributed by atoms with E-state index in [0.717, 1.165) is 0 Å². The Labute approximate surface area is 98.5 Å². The minimum atomic E-state index is -4.33. The molecule has 17 heavy (non-hydrogen) atoms. The number of amides is 1. The van der Waals surface area contributed by atoms with Crippen molar-refractivity contribution >= 4 is 5.91 Å². The molecule has 1 fully saturated rings. The maximum atomic E-state index is 12.8. The van der Waals surface area contributed by atoms with Crippen LogP contribution in [-0.4, -0.2) is 60.1 Å². The van der Waals surface area contributed by atoms with Gasteiger partial charge in [-0.2, -0.15) is 13.2 Å². The summed E-state index contributed by atoms with van der Waals surface area (Å²) in [5, 5.41) is 0. The van der Waals surface area contributed by atoms with Crippen molar-refractivity contribution in [2.45, 2.75) is 32.1 Å². The Bertz CT molecular complexity index is 272. The van der Waals surface area contributed by atoms with E-state index < -0.39 is 18.3 Å². The van der Waals surface area contributed by atoms with Gasteiger partial charge in [0.15, 0.2) is 0 Å². The lowest BCUT2D eigenvalue weighted by Gasteiger charge is -2.41. The van der Waals surface area contributed by atoms with Gasteiger partial charge in [-0.25, -0.2) is 0 Å². The van der Waals surface area contributed by atoms with Crippen LogP contribution in [-0.2, 0) is 4.79 Å². The second-order valence-electron chi connectivity index (χ2n) is 4.39. The molecule has 2 unspecified atom stereocenters. The molecule has 1 rings (SSSR count). The summed E-state index contributed by atoms with van der Waals surface area (Å²) in [5.41, 5.74) is 5.41. The van der Waals surface area contributed by atoms with Crippen molar-refractivity contribution in [1.82, 2.24) is 9.80 Å². The second kappa shape index (κ2) is 5.22. The van der Waals surface area contributed by atoms with Gasteiger partial charge < -0.3 is 10.6 Å². The fraction of sp³-hybridized carbons (Fsp3) is 0.900. The number of halogens is 3. The number of rotatable bonds is 2. The molecule has 0 aliphatic carbocycles. The lowest BCUT2D eigenvalue weighted by Crippen LogP contribution is -2.60. The van der Waals surface area contributed by atoms with Crippen LogP contribution in [0.3, 0.4) is 0 Å². The van der Waals surface area contributed by atoms with Gasteiger partial charge in [-0.3, -0.25) is 9.69 Å². The van der Waals surface area contributed by atoms with E-state index in [1.54, 1.807) is 4.90 Å². The van der Waals surface area contributed by atoms with Gasteiger partial charge in [0.2, 0.25) is 5.91 Å². The molecule has 7 heteroatoms. The summed E-state index contributed by atoms with van der Waals surface area (Å²) in [6.07, 6.45) is -4.33. The van der Waals surface area contributed by atoms with Gasteiger partial charge in [-0.15, -0.1) is 0 Å². The Morgan fingerprint density at radius 1 is 1.24 bits per heavy atom. The molecule has 0 aromatic heterocycles. The van der Waals surface area contributed by atoms with E-state index in [4.69, 9.17) is 5.73 Å². The largest absolute Gasteiger partial charge is 0.405 e. The zero-order chi connectivity index (χ0) is 13.2. The lowest BCUT2D eigenvalue weighted by atomic mass is 10.1. The minimum Gasteiger partial charge on any atom is -0.340 e. The van der Waals surface area contributed by atoms with Crippen LogP contribution in [0, 0.1) is 0 Å². The predicted octanol–water partition coefficient (Wildman–Crippen LogP) is 0.429. The number of carbonyl (C=O) groups excluding carboxylic acids is 1. The van der Waals surface area contributed by atoms with E-state index in [-0.39, 0.29) is 19.0 Å². The highest BCUT2D eigenvalue weighted by atomic mass is 19.4. The molecule has 0 aromatic carbocycles. The molecule has 2 atom stereocenters. The van der Waals surface area contributed by atoms with Gasteiger partial charge in [0, 0.05) is 39.1 Å². The first-order chi connectivity index (χ1) is 7.73. The van der Waals surface area contributed by atoms with Crippen molar-refractivity contribution < 1.29 is 18.0 Å². The number of hydrogen-bond donors (Lipinski definition) is 1. The molecule has 100 valence electrons. The summed E-state index contributed by atoms with van der Waals surface area (Å²) in [4.78, 5) is 13.9. The molecule has 4 nitrogen and oxygen atoms in total. The SMILES string of the molecule is CC(=O)N1CCN(C(C(C)N)C(F)(F)F)CC1. The molecule has 1 saturated heterocycles. The number of piperazine rings is 1. The van der Waals surface area contributed by atoms with Gasteiger partial charge in [-0.1, -0.05) is 0 Å². The van der Waals surface area contributed by atoms with Crippen LogP contribution >= 0.6 is 0 Å². The third kappa shape index (κ3) is 3.57. The molecule has 0 aromatic rings. The minimum absolute atomic E-state index is 0.103. The van der Waals surface area contributed by atoms with Gasteiger partial charge in [-0.05, 0) is 6.92 Å². The summed E-state index contributed by atoms with van der Waals surface area (Å²) in [5.74, 6) is -0.103. The molecule has 2 N–H and O–H groups in total. The topological polar surface area (TPSA) is 49.6 Å². The highest BCUT2D eigenvalue weighted by molar-refractivity contribution is 5.73. The molecule has 0 saturated carbocycles. The Kier molecular flexibility index (Phi) is 4.37. The monoisotopic (exact) mass is 253 g/mol. The highest BCUT2D eigenvalue weighted by Crippen LogP contribution is 2.27. The number of hydrogen-bond acceptors (Lipinski definition) is 3. The average molecular weight is 253 g/mol. The third-order valence-corrected chi connectivity index (χ3v) is 2.99. The summed E-state index contributed by atoms with van der Waals surface area (Å²) < 4.78 is 38.4. The Balaban J connectivity index is 2.65. The van der Waals surface area contributed by atoms with Crippen LogP contribution in [0.2, 0.25) is 0 Å². The first-order valence-electron chi connectivity index (χ1n) is 5.55. The average Bonchev–Trinajstić information content (AvgIpc) is 2.15. The fourth-order valence-electron chi connectivity index (χ4n) is 2.15. The van der Waals surface area contributed by atoms with E-state index in [1.807, 2.05) is 0 Å². The maximum absolute atomic E-state index is 12.8. The number of nitrogens with zero attached hydrogens (tertiary/aromatic N) is 2. The van der Waals surface area contributed by atoms with Crippen LogP contribution in [0.5, 0.6) is 0 Å². The van der Waals surface area contributed by atoms with Crippen molar-refractivity contribution in [2.24, 2.45) is 5.73 Å². The summed E-state index contributed by atoms with van der Waals surface area (Å²) in [7, 11) is 0. The summed E-state index contributed by atoms with van der Waals surface area (Å²) in [6.45, 7) is 3.86. The fourth-order valence-corrected chi connectivity index (χ4v) is 2.15. The van der Waals surface area contributed by atoms with Crippen LogP contribution in [0.1, 0.15) is 13.8 Å². The zero-order valence-electron chi connectivity index (χ0n) is 10.00. The molecule has 0 spiro atoms. The molecule has 0 radical (unpaired) electrons. The van der Waals surface area contributed by atoms with Crippen LogP contribution < -0.4 is 5.73 Å². The normalized spacial score (nSPS) is 22.4. The number of alkyl halides is 3. The molecule has 1 amide bonds. The Morgan fingerprint density at radius 2 is 1.71 bits per heavy atom. The molecular weight excluding hydrogens is 235 g/mol. The summed E-state index contributed by atoms with van der Waals surface area (Å²) in [6, 6.07) is -2.60. The first-order valence-corrected chi connectivity index (χ1v) is 5.55. The van der Waals surface area contributed by atoms with Crippen molar-refractivity contribution in [3.63, 3.8) is 0 Å². The second-order valence-corrected chi connectivity index (χ2v) is 4.39. The van der Waals surface area contributed by atoms with Crippen molar-refractivity contribution in [1.29, 1.82) is 0 Å². The molecule has 1 heterocycles. The van der Waals surface area contributed by atoms with Gasteiger partial charge in [0.05, 0.1) is 0 Å². The quantitative estimate of drug-likeness (QED) is 0.776. The van der Waals surface area contributed by atoms with Crippen molar-refractivity contribution in [3.05, 3.63) is 0 Å². The van der Waals surface area contributed by atoms with Crippen LogP contribution in [0.25, 0.3) is 0 Å². The first kappa shape index (κ1) is 14.2. The van der Waals surface area contributed by atoms with Gasteiger partial charge in [0.1, 0.15) is 6.04 Å². The van der Waals surface area contributed by atoms with Gasteiger partial charge in [0.25, 0.3) is 0 Å². The molecule has 1 aliphatic rings. The van der Waals surface area contributed by atoms with E-state index in [1.165, 1.54) is 18.7 Å². The van der Waals surface area contributed by atoms with E-state index in [2.05, 4.69) is 0 Å². The van der Waals surface area contributed by atoms with E-state index in [0.29, 0.717) is 13.1 Å². The zero-order valence-corrected chi connectivity index (χ0v) is 10.00. The van der Waals surface area contributed by atoms with Gasteiger partial charge >= 0.3 is 6.18 Å². The number of nitrogens with two attached hydrogens (primary N) is 1. The third-order valence-electron chi connectivity index (χ3n) is 2.99. The highest BCUT2D eigenvalue weighted by Gasteiger charge is 2.46. The maximum Gasteiger partial charge on any atom is 0.405 e. The van der Waals surface area contributed by atoms with E-state index in [9.17, 15) is 18.0 Å². The van der Waals surface area contributed by atoms with E-state index >= 15 is 0 Å². The Hall–Kier alpha value is -0.820. The predicted molar refractivity (Wildman–Crippen MR) is 57.3 cm³/mol. The van der Waals surface area contributed by atoms with Crippen molar-refractivity contribution in [3.8, 4) is 0 Å². The van der Waals surface area contributed by atoms with Crippen molar-refractivity contribution in [2.75, 3.05) is 26.2 Å². The standard InChI is InChI=1S/C10H18F3N3O/c1-7(14)9(10(11,12)13)16-5-3-15(4-6-16)8(2)17/h7,9H,3-6,14H2,1-2H3. The van der Waals surface area contributed by atoms with Crippen LogP contribution in [0.4, 0.5) is 13.2 Å². The summed E-state index contributed by atoms with van der Waals surface area (Å²) >= 11 is 0. The molecular formula is C10H18F3N3O.